The third-order valence-electron chi connectivity index (χ3n) is 2.24. The van der Waals surface area contributed by atoms with Gasteiger partial charge in [-0.2, -0.15) is 5.10 Å². The molecule has 4 nitrogen and oxygen atoms in total. The smallest absolute Gasteiger partial charge is 0.252 e. The minimum atomic E-state index is -0.458. The normalized spacial score (nSPS) is 10.2. The van der Waals surface area contributed by atoms with E-state index in [1.807, 2.05) is 30.3 Å². The molecule has 4 heteroatoms. The van der Waals surface area contributed by atoms with Crippen molar-refractivity contribution in [3.63, 3.8) is 0 Å². The molecular weight excluding hydrogens is 190 g/mol. The number of hydrogen-bond acceptors (Lipinski definition) is 2. The number of benzene rings is 1. The van der Waals surface area contributed by atoms with E-state index >= 15 is 0 Å². The summed E-state index contributed by atoms with van der Waals surface area (Å²) in [6.45, 7) is 1.78. The zero-order valence-electron chi connectivity index (χ0n) is 8.32. The molecule has 0 atom stereocenters. The SMILES string of the molecule is Cc1[nH]nc(-c2ccccc2)c1C(N)=O. The first kappa shape index (κ1) is 9.45. The van der Waals surface area contributed by atoms with Crippen molar-refractivity contribution in [3.05, 3.63) is 41.6 Å². The van der Waals surface area contributed by atoms with Gasteiger partial charge in [0, 0.05) is 11.3 Å². The predicted molar refractivity (Wildman–Crippen MR) is 57.3 cm³/mol. The Morgan fingerprint density at radius 1 is 1.33 bits per heavy atom. The fraction of sp³-hybridized carbons (Fsp3) is 0.0909. The Morgan fingerprint density at radius 3 is 2.60 bits per heavy atom. The van der Waals surface area contributed by atoms with Gasteiger partial charge in [0.05, 0.1) is 5.56 Å². The summed E-state index contributed by atoms with van der Waals surface area (Å²) in [7, 11) is 0. The van der Waals surface area contributed by atoms with E-state index in [4.69, 9.17) is 5.73 Å². The molecule has 1 aromatic heterocycles. The van der Waals surface area contributed by atoms with E-state index in [1.165, 1.54) is 0 Å². The second-order valence-electron chi connectivity index (χ2n) is 3.30. The minimum absolute atomic E-state index is 0.458. The van der Waals surface area contributed by atoms with Crippen molar-refractivity contribution >= 4 is 5.91 Å². The van der Waals surface area contributed by atoms with Crippen LogP contribution in [0.2, 0.25) is 0 Å². The third-order valence-corrected chi connectivity index (χ3v) is 2.24. The van der Waals surface area contributed by atoms with Crippen molar-refractivity contribution in [1.29, 1.82) is 0 Å². The van der Waals surface area contributed by atoms with Crippen LogP contribution in [0.4, 0.5) is 0 Å². The van der Waals surface area contributed by atoms with Gasteiger partial charge < -0.3 is 5.73 Å². The number of aryl methyl sites for hydroxylation is 1. The first-order valence-electron chi connectivity index (χ1n) is 4.60. The molecule has 0 saturated carbocycles. The number of carbonyl (C=O) groups excluding carboxylic acids is 1. The molecule has 1 heterocycles. The van der Waals surface area contributed by atoms with Gasteiger partial charge in [-0.1, -0.05) is 30.3 Å². The Bertz CT molecular complexity index is 488. The van der Waals surface area contributed by atoms with Crippen LogP contribution in [0.5, 0.6) is 0 Å². The van der Waals surface area contributed by atoms with Crippen LogP contribution >= 0.6 is 0 Å². The second-order valence-corrected chi connectivity index (χ2v) is 3.30. The lowest BCUT2D eigenvalue weighted by Crippen LogP contribution is -2.12. The number of aromatic nitrogens is 2. The van der Waals surface area contributed by atoms with Gasteiger partial charge in [-0.15, -0.1) is 0 Å². The molecule has 0 fully saturated rings. The highest BCUT2D eigenvalue weighted by Gasteiger charge is 2.16. The monoisotopic (exact) mass is 201 g/mol. The summed E-state index contributed by atoms with van der Waals surface area (Å²) in [4.78, 5) is 11.2. The number of amides is 1. The molecule has 0 bridgehead atoms. The van der Waals surface area contributed by atoms with Crippen LogP contribution in [0.15, 0.2) is 30.3 Å². The molecule has 1 amide bonds. The molecule has 2 aromatic rings. The average Bonchev–Trinajstić information content (AvgIpc) is 2.61. The van der Waals surface area contributed by atoms with Crippen molar-refractivity contribution < 1.29 is 4.79 Å². The Labute approximate surface area is 87.1 Å². The number of primary amides is 1. The highest BCUT2D eigenvalue weighted by Crippen LogP contribution is 2.22. The summed E-state index contributed by atoms with van der Waals surface area (Å²) in [5.74, 6) is -0.458. The van der Waals surface area contributed by atoms with E-state index in [2.05, 4.69) is 10.2 Å². The van der Waals surface area contributed by atoms with E-state index in [9.17, 15) is 4.79 Å². The zero-order chi connectivity index (χ0) is 10.8. The van der Waals surface area contributed by atoms with Gasteiger partial charge in [-0.3, -0.25) is 9.89 Å². The van der Waals surface area contributed by atoms with Gasteiger partial charge in [-0.25, -0.2) is 0 Å². The molecule has 15 heavy (non-hydrogen) atoms. The Kier molecular flexibility index (Phi) is 2.25. The number of nitrogens with one attached hydrogen (secondary N) is 1. The lowest BCUT2D eigenvalue weighted by molar-refractivity contribution is 0.100. The van der Waals surface area contributed by atoms with Gasteiger partial charge in [0.25, 0.3) is 5.91 Å². The van der Waals surface area contributed by atoms with Crippen LogP contribution in [0.1, 0.15) is 16.1 Å². The molecule has 0 radical (unpaired) electrons. The van der Waals surface area contributed by atoms with Gasteiger partial charge in [0.1, 0.15) is 5.69 Å². The fourth-order valence-corrected chi connectivity index (χ4v) is 1.54. The quantitative estimate of drug-likeness (QED) is 0.772. The van der Waals surface area contributed by atoms with E-state index in [-0.39, 0.29) is 0 Å². The maximum atomic E-state index is 11.2. The zero-order valence-corrected chi connectivity index (χ0v) is 8.32. The summed E-state index contributed by atoms with van der Waals surface area (Å²) in [6.07, 6.45) is 0. The third kappa shape index (κ3) is 1.61. The van der Waals surface area contributed by atoms with Crippen LogP contribution in [0.25, 0.3) is 11.3 Å². The summed E-state index contributed by atoms with van der Waals surface area (Å²) in [5, 5.41) is 6.85. The first-order chi connectivity index (χ1) is 7.20. The lowest BCUT2D eigenvalue weighted by atomic mass is 10.1. The number of carbonyl (C=O) groups is 1. The van der Waals surface area contributed by atoms with Crippen molar-refractivity contribution in [2.75, 3.05) is 0 Å². The Hall–Kier alpha value is -2.10. The van der Waals surface area contributed by atoms with Gasteiger partial charge in [0.2, 0.25) is 0 Å². The summed E-state index contributed by atoms with van der Waals surface area (Å²) >= 11 is 0. The molecule has 1 aromatic carbocycles. The van der Waals surface area contributed by atoms with Crippen molar-refractivity contribution in [2.24, 2.45) is 5.73 Å². The van der Waals surface area contributed by atoms with Crippen molar-refractivity contribution in [2.45, 2.75) is 6.92 Å². The van der Waals surface area contributed by atoms with Crippen LogP contribution < -0.4 is 5.73 Å². The number of hydrogen-bond donors (Lipinski definition) is 2. The molecule has 0 aliphatic rings. The van der Waals surface area contributed by atoms with E-state index in [1.54, 1.807) is 6.92 Å². The highest BCUT2D eigenvalue weighted by atomic mass is 16.1. The highest BCUT2D eigenvalue weighted by molar-refractivity contribution is 5.99. The van der Waals surface area contributed by atoms with Crippen LogP contribution in [-0.4, -0.2) is 16.1 Å². The minimum Gasteiger partial charge on any atom is -0.365 e. The molecule has 0 aliphatic heterocycles. The number of nitrogens with two attached hydrogens (primary N) is 1. The molecule has 0 aliphatic carbocycles. The van der Waals surface area contributed by atoms with E-state index < -0.39 is 5.91 Å². The Balaban J connectivity index is 2.59. The fourth-order valence-electron chi connectivity index (χ4n) is 1.54. The van der Waals surface area contributed by atoms with Gasteiger partial charge in [-0.05, 0) is 6.92 Å². The number of rotatable bonds is 2. The number of H-pyrrole nitrogens is 1. The molecular formula is C11H11N3O. The van der Waals surface area contributed by atoms with Gasteiger partial charge >= 0.3 is 0 Å². The first-order valence-corrected chi connectivity index (χ1v) is 4.60. The standard InChI is InChI=1S/C11H11N3O/c1-7-9(11(12)15)10(14-13-7)8-5-3-2-4-6-8/h2-6H,1H3,(H2,12,15)(H,13,14). The second kappa shape index (κ2) is 3.57. The van der Waals surface area contributed by atoms with Crippen LogP contribution in [0, 0.1) is 6.92 Å². The predicted octanol–water partition coefficient (Wildman–Crippen LogP) is 1.48. The number of nitrogens with zero attached hydrogens (tertiary/aromatic N) is 1. The van der Waals surface area contributed by atoms with E-state index in [0.29, 0.717) is 17.0 Å². The maximum absolute atomic E-state index is 11.2. The van der Waals surface area contributed by atoms with Crippen LogP contribution in [-0.2, 0) is 0 Å². The summed E-state index contributed by atoms with van der Waals surface area (Å²) in [6, 6.07) is 9.48. The van der Waals surface area contributed by atoms with Crippen molar-refractivity contribution in [1.82, 2.24) is 10.2 Å². The number of aromatic amines is 1. The molecule has 3 N–H and O–H groups in total. The molecule has 76 valence electrons. The van der Waals surface area contributed by atoms with Crippen LogP contribution in [0.3, 0.4) is 0 Å². The molecule has 2 rings (SSSR count). The maximum Gasteiger partial charge on any atom is 0.252 e. The van der Waals surface area contributed by atoms with Crippen molar-refractivity contribution in [3.8, 4) is 11.3 Å². The lowest BCUT2D eigenvalue weighted by Gasteiger charge is -1.99. The van der Waals surface area contributed by atoms with Gasteiger partial charge in [0.15, 0.2) is 0 Å². The summed E-state index contributed by atoms with van der Waals surface area (Å²) in [5.41, 5.74) is 7.95. The summed E-state index contributed by atoms with van der Waals surface area (Å²) < 4.78 is 0. The largest absolute Gasteiger partial charge is 0.365 e. The molecule has 0 spiro atoms. The molecule has 0 saturated heterocycles. The average molecular weight is 201 g/mol. The van der Waals surface area contributed by atoms with E-state index in [0.717, 1.165) is 5.56 Å². The molecule has 0 unspecified atom stereocenters. The Morgan fingerprint density at radius 2 is 2.00 bits per heavy atom. The topological polar surface area (TPSA) is 71.8 Å².